The maximum atomic E-state index is 14.6. The molecule has 2 aliphatic rings. The SMILES string of the molecule is C=CC(=O)N1CC(n2nc(-c3nc(-c4ccc5c(c4)CCNC5)c4ccsc4c3-c3ccc(F)cc3OCCOC)ccc2=O)C1. The molecule has 11 heteroatoms. The summed E-state index contributed by atoms with van der Waals surface area (Å²) >= 11 is 1.56. The molecule has 2 aromatic carbocycles. The lowest BCUT2D eigenvalue weighted by molar-refractivity contribution is -0.131. The van der Waals surface area contributed by atoms with Gasteiger partial charge in [0.2, 0.25) is 5.91 Å². The summed E-state index contributed by atoms with van der Waals surface area (Å²) in [6.07, 6.45) is 2.20. The van der Waals surface area contributed by atoms with Crippen LogP contribution in [0.1, 0.15) is 17.2 Å². The number of likely N-dealkylation sites (tertiary alicyclic amines) is 1. The Kier molecular flexibility index (Phi) is 8.20. The van der Waals surface area contributed by atoms with Crippen molar-refractivity contribution in [2.75, 3.05) is 40.0 Å². The molecule has 5 heterocycles. The zero-order chi connectivity index (χ0) is 31.8. The van der Waals surface area contributed by atoms with Gasteiger partial charge in [-0.15, -0.1) is 11.3 Å². The Labute approximate surface area is 268 Å². The molecule has 0 bridgehead atoms. The quantitative estimate of drug-likeness (QED) is 0.175. The van der Waals surface area contributed by atoms with Crippen molar-refractivity contribution in [2.45, 2.75) is 19.0 Å². The number of benzene rings is 2. The van der Waals surface area contributed by atoms with Crippen molar-refractivity contribution in [3.63, 3.8) is 0 Å². The predicted molar refractivity (Wildman–Crippen MR) is 177 cm³/mol. The lowest BCUT2D eigenvalue weighted by atomic mass is 9.94. The number of nitrogens with zero attached hydrogens (tertiary/aromatic N) is 4. The smallest absolute Gasteiger partial charge is 0.267 e. The molecule has 0 spiro atoms. The van der Waals surface area contributed by atoms with Gasteiger partial charge in [0.15, 0.2) is 0 Å². The third kappa shape index (κ3) is 5.51. The third-order valence-corrected chi connectivity index (χ3v) is 9.43. The maximum absolute atomic E-state index is 14.6. The molecule has 3 aromatic heterocycles. The lowest BCUT2D eigenvalue weighted by Crippen LogP contribution is -2.52. The number of hydrogen-bond donors (Lipinski definition) is 1. The van der Waals surface area contributed by atoms with Crippen LogP contribution in [0.15, 0.2) is 77.4 Å². The summed E-state index contributed by atoms with van der Waals surface area (Å²) in [6, 6.07) is 15.9. The third-order valence-electron chi connectivity index (χ3n) is 8.49. The maximum Gasteiger partial charge on any atom is 0.267 e. The normalized spacial score (nSPS) is 14.6. The second kappa shape index (κ2) is 12.6. The van der Waals surface area contributed by atoms with Crippen LogP contribution in [-0.2, 0) is 22.5 Å². The molecular weight excluding hydrogens is 605 g/mol. The molecule has 1 saturated heterocycles. The van der Waals surface area contributed by atoms with E-state index in [1.54, 1.807) is 35.5 Å². The molecule has 0 aliphatic carbocycles. The van der Waals surface area contributed by atoms with Gasteiger partial charge >= 0.3 is 0 Å². The minimum atomic E-state index is -0.427. The molecule has 234 valence electrons. The monoisotopic (exact) mass is 637 g/mol. The number of carbonyl (C=O) groups excluding carboxylic acids is 1. The van der Waals surface area contributed by atoms with Crippen LogP contribution >= 0.6 is 11.3 Å². The molecule has 46 heavy (non-hydrogen) atoms. The van der Waals surface area contributed by atoms with Crippen LogP contribution < -0.4 is 15.6 Å². The van der Waals surface area contributed by atoms with E-state index < -0.39 is 5.82 Å². The first-order chi connectivity index (χ1) is 22.4. The number of halogens is 1. The topological polar surface area (TPSA) is 98.6 Å². The van der Waals surface area contributed by atoms with Crippen LogP contribution in [-0.4, -0.2) is 65.5 Å². The molecule has 0 saturated carbocycles. The van der Waals surface area contributed by atoms with Crippen molar-refractivity contribution >= 4 is 27.3 Å². The molecular formula is C35H32FN5O4S. The van der Waals surface area contributed by atoms with Gasteiger partial charge < -0.3 is 19.7 Å². The van der Waals surface area contributed by atoms with Crippen LogP contribution in [0, 0.1) is 5.82 Å². The Hall–Kier alpha value is -4.71. The van der Waals surface area contributed by atoms with Crippen molar-refractivity contribution in [1.82, 2.24) is 25.0 Å². The Balaban J connectivity index is 1.44. The van der Waals surface area contributed by atoms with Gasteiger partial charge in [0, 0.05) is 65.7 Å². The van der Waals surface area contributed by atoms with Gasteiger partial charge in [-0.3, -0.25) is 9.59 Å². The van der Waals surface area contributed by atoms with E-state index in [9.17, 15) is 14.0 Å². The Morgan fingerprint density at radius 1 is 1.11 bits per heavy atom. The fraction of sp³-hybridized carbons (Fsp3) is 0.257. The standard InChI is InChI=1S/C35H32FN5O4S/c1-3-30(42)40-19-25(20-40)41-31(43)9-8-28(39-41)34-32(26-7-6-24(36)17-29(26)45-14-13-44-2)35-27(11-15-46-35)33(38-34)22-4-5-23-18-37-12-10-21(23)16-22/h3-9,11,15-17,25,37H,1,10,12-14,18-20H2,2H3. The first-order valence-corrected chi connectivity index (χ1v) is 16.0. The highest BCUT2D eigenvalue weighted by molar-refractivity contribution is 7.18. The van der Waals surface area contributed by atoms with E-state index in [1.165, 1.54) is 40.1 Å². The number of fused-ring (bicyclic) bond motifs is 2. The molecule has 0 unspecified atom stereocenters. The summed E-state index contributed by atoms with van der Waals surface area (Å²) in [6.45, 7) is 6.59. The minimum Gasteiger partial charge on any atom is -0.490 e. The molecule has 5 aromatic rings. The fourth-order valence-corrected chi connectivity index (χ4v) is 7.05. The number of aromatic nitrogens is 3. The first-order valence-electron chi connectivity index (χ1n) is 15.1. The van der Waals surface area contributed by atoms with Gasteiger partial charge in [-0.2, -0.15) is 5.10 Å². The average Bonchev–Trinajstić information content (AvgIpc) is 3.54. The van der Waals surface area contributed by atoms with E-state index in [2.05, 4.69) is 36.2 Å². The van der Waals surface area contributed by atoms with Crippen molar-refractivity contribution in [2.24, 2.45) is 0 Å². The molecule has 1 amide bonds. The van der Waals surface area contributed by atoms with Crippen molar-refractivity contribution in [3.8, 4) is 39.5 Å². The summed E-state index contributed by atoms with van der Waals surface area (Å²) in [5, 5.41) is 11.2. The van der Waals surface area contributed by atoms with Crippen LogP contribution in [0.3, 0.4) is 0 Å². The van der Waals surface area contributed by atoms with E-state index in [4.69, 9.17) is 19.6 Å². The highest BCUT2D eigenvalue weighted by atomic mass is 32.1. The van der Waals surface area contributed by atoms with E-state index in [-0.39, 0.29) is 24.1 Å². The van der Waals surface area contributed by atoms with Gasteiger partial charge in [0.05, 0.1) is 18.3 Å². The number of hydrogen-bond acceptors (Lipinski definition) is 8. The number of nitrogens with one attached hydrogen (secondary N) is 1. The zero-order valence-electron chi connectivity index (χ0n) is 25.3. The van der Waals surface area contributed by atoms with Gasteiger partial charge in [-0.05, 0) is 65.9 Å². The highest BCUT2D eigenvalue weighted by Crippen LogP contribution is 2.46. The summed E-state index contributed by atoms with van der Waals surface area (Å²) in [4.78, 5) is 32.1. The highest BCUT2D eigenvalue weighted by Gasteiger charge is 2.33. The minimum absolute atomic E-state index is 0.185. The summed E-state index contributed by atoms with van der Waals surface area (Å²) in [5.74, 6) is -0.256. The van der Waals surface area contributed by atoms with Crippen LogP contribution in [0.2, 0.25) is 0 Å². The molecule has 7 rings (SSSR count). The van der Waals surface area contributed by atoms with Crippen LogP contribution in [0.5, 0.6) is 5.75 Å². The first kappa shape index (κ1) is 30.0. The number of thiophene rings is 1. The summed E-state index contributed by atoms with van der Waals surface area (Å²) in [5.41, 5.74) is 6.48. The van der Waals surface area contributed by atoms with Gasteiger partial charge in [0.25, 0.3) is 5.56 Å². The Morgan fingerprint density at radius 2 is 1.98 bits per heavy atom. The van der Waals surface area contributed by atoms with E-state index in [0.717, 1.165) is 46.4 Å². The average molecular weight is 638 g/mol. The number of pyridine rings is 1. The fourth-order valence-electron chi connectivity index (χ4n) is 6.09. The van der Waals surface area contributed by atoms with Gasteiger partial charge in [-0.1, -0.05) is 18.7 Å². The van der Waals surface area contributed by atoms with Crippen LogP contribution in [0.4, 0.5) is 4.39 Å². The van der Waals surface area contributed by atoms with E-state index >= 15 is 0 Å². The van der Waals surface area contributed by atoms with E-state index in [1.807, 2.05) is 5.38 Å². The van der Waals surface area contributed by atoms with E-state index in [0.29, 0.717) is 42.4 Å². The number of ether oxygens (including phenoxy) is 2. The largest absolute Gasteiger partial charge is 0.490 e. The second-order valence-corrected chi connectivity index (χ2v) is 12.3. The second-order valence-electron chi connectivity index (χ2n) is 11.3. The number of methoxy groups -OCH3 is 1. The van der Waals surface area contributed by atoms with Crippen molar-refractivity contribution < 1.29 is 18.7 Å². The predicted octanol–water partition coefficient (Wildman–Crippen LogP) is 5.23. The van der Waals surface area contributed by atoms with Crippen molar-refractivity contribution in [1.29, 1.82) is 0 Å². The number of amides is 1. The molecule has 0 atom stereocenters. The Morgan fingerprint density at radius 3 is 2.80 bits per heavy atom. The van der Waals surface area contributed by atoms with Gasteiger partial charge in [-0.25, -0.2) is 14.1 Å². The number of rotatable bonds is 9. The number of carbonyl (C=O) groups is 1. The van der Waals surface area contributed by atoms with Crippen LogP contribution in [0.25, 0.3) is 43.9 Å². The molecule has 1 fully saturated rings. The Bertz CT molecular complexity index is 2030. The molecule has 0 radical (unpaired) electrons. The summed E-state index contributed by atoms with van der Waals surface area (Å²) in [7, 11) is 1.58. The molecule has 1 N–H and O–H groups in total. The van der Waals surface area contributed by atoms with Crippen molar-refractivity contribution in [3.05, 3.63) is 99.9 Å². The molecule has 9 nitrogen and oxygen atoms in total. The summed E-state index contributed by atoms with van der Waals surface area (Å²) < 4.78 is 28.2. The molecule has 2 aliphatic heterocycles. The lowest BCUT2D eigenvalue weighted by Gasteiger charge is -2.38. The zero-order valence-corrected chi connectivity index (χ0v) is 26.1. The van der Waals surface area contributed by atoms with Gasteiger partial charge in [0.1, 0.15) is 29.6 Å².